The normalized spacial score (nSPS) is 11.8. The van der Waals surface area contributed by atoms with Crippen molar-refractivity contribution < 1.29 is 24.8 Å². The van der Waals surface area contributed by atoms with E-state index in [1.54, 1.807) is 19.2 Å². The molecule has 0 bridgehead atoms. The van der Waals surface area contributed by atoms with E-state index < -0.39 is 6.10 Å². The van der Waals surface area contributed by atoms with Crippen molar-refractivity contribution in [1.82, 2.24) is 5.32 Å². The van der Waals surface area contributed by atoms with Crippen molar-refractivity contribution in [3.8, 4) is 34.1 Å². The summed E-state index contributed by atoms with van der Waals surface area (Å²) in [5, 5.41) is 32.6. The molecule has 0 fully saturated rings. The van der Waals surface area contributed by atoms with E-state index in [9.17, 15) is 15.3 Å². The van der Waals surface area contributed by atoms with Gasteiger partial charge in [0.25, 0.3) is 0 Å². The first-order valence-electron chi connectivity index (χ1n) is 12.6. The van der Waals surface area contributed by atoms with Crippen LogP contribution in [0.4, 0.5) is 0 Å². The van der Waals surface area contributed by atoms with E-state index in [1.807, 2.05) is 66.7 Å². The summed E-state index contributed by atoms with van der Waals surface area (Å²) in [4.78, 5) is 0. The number of ether oxygens (including phenoxy) is 2. The van der Waals surface area contributed by atoms with Gasteiger partial charge < -0.3 is 35.8 Å². The molecule has 7 heteroatoms. The molecule has 0 amide bonds. The molecular formula is C31H34N2O5. The van der Waals surface area contributed by atoms with Crippen LogP contribution in [0.1, 0.15) is 28.4 Å². The van der Waals surface area contributed by atoms with Crippen molar-refractivity contribution in [3.05, 3.63) is 107 Å². The number of rotatable bonds is 12. The Balaban J connectivity index is 1.31. The molecule has 0 aliphatic heterocycles. The van der Waals surface area contributed by atoms with Crippen LogP contribution in [-0.4, -0.2) is 35.5 Å². The molecule has 38 heavy (non-hydrogen) atoms. The monoisotopic (exact) mass is 514 g/mol. The highest BCUT2D eigenvalue weighted by Gasteiger charge is 2.11. The van der Waals surface area contributed by atoms with Crippen molar-refractivity contribution in [3.63, 3.8) is 0 Å². The average molecular weight is 515 g/mol. The van der Waals surface area contributed by atoms with Gasteiger partial charge in [-0.25, -0.2) is 0 Å². The second-order valence-electron chi connectivity index (χ2n) is 9.03. The molecule has 1 atom stereocenters. The highest BCUT2D eigenvalue weighted by molar-refractivity contribution is 5.72. The van der Waals surface area contributed by atoms with Gasteiger partial charge in [-0.05, 0) is 77.7 Å². The summed E-state index contributed by atoms with van der Waals surface area (Å²) in [5.41, 5.74) is 10.9. The van der Waals surface area contributed by atoms with Crippen molar-refractivity contribution in [2.24, 2.45) is 5.73 Å². The van der Waals surface area contributed by atoms with E-state index in [1.165, 1.54) is 6.07 Å². The third kappa shape index (κ3) is 6.90. The maximum atomic E-state index is 10.4. The quantitative estimate of drug-likeness (QED) is 0.174. The fourth-order valence-electron chi connectivity index (χ4n) is 4.19. The first-order valence-corrected chi connectivity index (χ1v) is 12.6. The van der Waals surface area contributed by atoms with E-state index in [0.717, 1.165) is 40.2 Å². The lowest BCUT2D eigenvalue weighted by Gasteiger charge is -2.14. The molecule has 4 aromatic carbocycles. The fraction of sp³-hybridized carbons (Fsp3) is 0.226. The predicted octanol–water partition coefficient (Wildman–Crippen LogP) is 4.68. The number of aliphatic hydroxyl groups excluding tert-OH is 2. The smallest absolute Gasteiger partial charge is 0.128 e. The molecule has 1 unspecified atom stereocenters. The third-order valence-corrected chi connectivity index (χ3v) is 6.42. The molecule has 0 aromatic heterocycles. The Bertz CT molecular complexity index is 1320. The molecule has 0 aliphatic rings. The standard InChI is InChI=1S/C31H34N2O5/c1-37-31-13-11-27(17-28(31)23-6-2-22(18-32)3-7-23)38-26-9-4-21(5-10-26)14-15-33-19-30(36)24-8-12-29(35)25(16-24)20-34/h2-13,16-17,30,33-36H,14-15,18-20,32H2,1H3. The number of aliphatic hydroxyl groups is 2. The second kappa shape index (κ2) is 13.1. The Kier molecular flexibility index (Phi) is 9.35. The number of nitrogens with two attached hydrogens (primary N) is 1. The van der Waals surface area contributed by atoms with Gasteiger partial charge in [0.1, 0.15) is 23.0 Å². The summed E-state index contributed by atoms with van der Waals surface area (Å²) >= 11 is 0. The number of hydrogen-bond acceptors (Lipinski definition) is 7. The Morgan fingerprint density at radius 1 is 0.868 bits per heavy atom. The molecule has 0 radical (unpaired) electrons. The molecule has 4 rings (SSSR count). The number of hydrogen-bond donors (Lipinski definition) is 5. The van der Waals surface area contributed by atoms with E-state index in [4.69, 9.17) is 15.2 Å². The Morgan fingerprint density at radius 3 is 2.26 bits per heavy atom. The summed E-state index contributed by atoms with van der Waals surface area (Å²) in [5.74, 6) is 2.24. The molecule has 0 heterocycles. The number of benzene rings is 4. The van der Waals surface area contributed by atoms with E-state index in [-0.39, 0.29) is 12.4 Å². The molecule has 6 N–H and O–H groups in total. The van der Waals surface area contributed by atoms with Gasteiger partial charge in [-0.1, -0.05) is 42.5 Å². The molecule has 0 saturated heterocycles. The van der Waals surface area contributed by atoms with Gasteiger partial charge in [0.05, 0.1) is 19.8 Å². The third-order valence-electron chi connectivity index (χ3n) is 6.42. The highest BCUT2D eigenvalue weighted by atomic mass is 16.5. The van der Waals surface area contributed by atoms with Crippen molar-refractivity contribution in [2.75, 3.05) is 20.2 Å². The Morgan fingerprint density at radius 2 is 1.58 bits per heavy atom. The molecule has 4 aromatic rings. The minimum Gasteiger partial charge on any atom is -0.508 e. The van der Waals surface area contributed by atoms with Gasteiger partial charge >= 0.3 is 0 Å². The van der Waals surface area contributed by atoms with Gasteiger partial charge in [-0.3, -0.25) is 0 Å². The molecule has 0 saturated carbocycles. The van der Waals surface area contributed by atoms with Crippen molar-refractivity contribution in [2.45, 2.75) is 25.7 Å². The zero-order chi connectivity index (χ0) is 26.9. The second-order valence-corrected chi connectivity index (χ2v) is 9.03. The predicted molar refractivity (Wildman–Crippen MR) is 148 cm³/mol. The first kappa shape index (κ1) is 27.2. The highest BCUT2D eigenvalue weighted by Crippen LogP contribution is 2.35. The van der Waals surface area contributed by atoms with Gasteiger partial charge in [0.15, 0.2) is 0 Å². The molecule has 7 nitrogen and oxygen atoms in total. The summed E-state index contributed by atoms with van der Waals surface area (Å²) in [6.07, 6.45) is 0.0559. The van der Waals surface area contributed by atoms with Crippen LogP contribution in [0.25, 0.3) is 11.1 Å². The zero-order valence-corrected chi connectivity index (χ0v) is 21.4. The Hall–Kier alpha value is -3.88. The van der Waals surface area contributed by atoms with E-state index in [0.29, 0.717) is 36.5 Å². The number of phenols is 1. The summed E-state index contributed by atoms with van der Waals surface area (Å²) in [6, 6.07) is 26.5. The summed E-state index contributed by atoms with van der Waals surface area (Å²) in [6.45, 7) is 1.28. The number of methoxy groups -OCH3 is 1. The van der Waals surface area contributed by atoms with Crippen LogP contribution in [0.2, 0.25) is 0 Å². The lowest BCUT2D eigenvalue weighted by atomic mass is 10.0. The van der Waals surface area contributed by atoms with Crippen LogP contribution in [0.5, 0.6) is 23.0 Å². The molecule has 198 valence electrons. The topological polar surface area (TPSA) is 117 Å². The minimum atomic E-state index is -0.732. The Labute approximate surface area is 223 Å². The molecular weight excluding hydrogens is 480 g/mol. The lowest BCUT2D eigenvalue weighted by molar-refractivity contribution is 0.174. The molecule has 0 aliphatic carbocycles. The van der Waals surface area contributed by atoms with E-state index in [2.05, 4.69) is 5.32 Å². The van der Waals surface area contributed by atoms with Crippen molar-refractivity contribution in [1.29, 1.82) is 0 Å². The average Bonchev–Trinajstić information content (AvgIpc) is 2.96. The van der Waals surface area contributed by atoms with Gasteiger partial charge in [-0.15, -0.1) is 0 Å². The SMILES string of the molecule is COc1ccc(Oc2ccc(CCNCC(O)c3ccc(O)c(CO)c3)cc2)cc1-c1ccc(CN)cc1. The van der Waals surface area contributed by atoms with Gasteiger partial charge in [-0.2, -0.15) is 0 Å². The zero-order valence-electron chi connectivity index (χ0n) is 21.4. The van der Waals surface area contributed by atoms with Crippen LogP contribution < -0.4 is 20.5 Å². The first-order chi connectivity index (χ1) is 18.5. The summed E-state index contributed by atoms with van der Waals surface area (Å²) < 4.78 is 11.7. The largest absolute Gasteiger partial charge is 0.508 e. The van der Waals surface area contributed by atoms with Crippen LogP contribution in [0.15, 0.2) is 84.9 Å². The van der Waals surface area contributed by atoms with Gasteiger partial charge in [0, 0.05) is 24.2 Å². The van der Waals surface area contributed by atoms with Crippen LogP contribution >= 0.6 is 0 Å². The molecule has 0 spiro atoms. The van der Waals surface area contributed by atoms with Crippen LogP contribution in [0.3, 0.4) is 0 Å². The lowest BCUT2D eigenvalue weighted by Crippen LogP contribution is -2.23. The van der Waals surface area contributed by atoms with Crippen LogP contribution in [0, 0.1) is 0 Å². The number of nitrogens with one attached hydrogen (secondary N) is 1. The maximum Gasteiger partial charge on any atom is 0.128 e. The van der Waals surface area contributed by atoms with Crippen molar-refractivity contribution >= 4 is 0 Å². The van der Waals surface area contributed by atoms with Gasteiger partial charge in [0.2, 0.25) is 0 Å². The minimum absolute atomic E-state index is 0.0221. The fourth-order valence-corrected chi connectivity index (χ4v) is 4.19. The summed E-state index contributed by atoms with van der Waals surface area (Å²) in [7, 11) is 1.66. The number of aromatic hydroxyl groups is 1. The maximum absolute atomic E-state index is 10.4. The van der Waals surface area contributed by atoms with Crippen LogP contribution in [-0.2, 0) is 19.6 Å². The van der Waals surface area contributed by atoms with E-state index >= 15 is 0 Å².